The van der Waals surface area contributed by atoms with E-state index in [4.69, 9.17) is 27.6 Å². The number of carbonyl (C=O) groups is 1. The number of hydrogen-bond acceptors (Lipinski definition) is 4. The first kappa shape index (κ1) is 17.1. The Morgan fingerprint density at radius 2 is 1.96 bits per heavy atom. The summed E-state index contributed by atoms with van der Waals surface area (Å²) in [4.78, 5) is 19.3. The van der Waals surface area contributed by atoms with Gasteiger partial charge in [0, 0.05) is 5.02 Å². The largest absolute Gasteiger partial charge is 0.467 e. The van der Waals surface area contributed by atoms with E-state index >= 15 is 0 Å². The van der Waals surface area contributed by atoms with Crippen molar-refractivity contribution in [2.24, 2.45) is 0 Å². The Kier molecular flexibility index (Phi) is 4.68. The van der Waals surface area contributed by atoms with Crippen LogP contribution in [0.15, 0.2) is 65.3 Å². The molecule has 0 radical (unpaired) electrons. The van der Waals surface area contributed by atoms with Gasteiger partial charge in [0.1, 0.15) is 5.76 Å². The van der Waals surface area contributed by atoms with Gasteiger partial charge in [0.2, 0.25) is 0 Å². The number of amides is 1. The van der Waals surface area contributed by atoms with Crippen molar-refractivity contribution < 1.29 is 9.21 Å². The van der Waals surface area contributed by atoms with Crippen LogP contribution in [0.1, 0.15) is 16.1 Å². The molecule has 7 heteroatoms. The van der Waals surface area contributed by atoms with Crippen LogP contribution in [0.2, 0.25) is 10.0 Å². The number of aromatic nitrogens is 1. The summed E-state index contributed by atoms with van der Waals surface area (Å²) in [6.45, 7) is 0.255. The lowest BCUT2D eigenvalue weighted by Crippen LogP contribution is -2.30. The first-order valence-corrected chi connectivity index (χ1v) is 9.34. The highest BCUT2D eigenvalue weighted by molar-refractivity contribution is 7.22. The summed E-state index contributed by atoms with van der Waals surface area (Å²) in [7, 11) is 0. The summed E-state index contributed by atoms with van der Waals surface area (Å²) in [5.41, 5.74) is 1.20. The number of furan rings is 1. The van der Waals surface area contributed by atoms with Crippen molar-refractivity contribution in [2.45, 2.75) is 6.54 Å². The van der Waals surface area contributed by atoms with E-state index < -0.39 is 0 Å². The van der Waals surface area contributed by atoms with Gasteiger partial charge in [-0.25, -0.2) is 4.98 Å². The molecule has 0 bridgehead atoms. The molecule has 26 heavy (non-hydrogen) atoms. The predicted molar refractivity (Wildman–Crippen MR) is 105 cm³/mol. The smallest absolute Gasteiger partial charge is 0.262 e. The lowest BCUT2D eigenvalue weighted by molar-refractivity contribution is 0.0983. The first-order valence-electron chi connectivity index (χ1n) is 7.77. The van der Waals surface area contributed by atoms with Crippen LogP contribution in [0.25, 0.3) is 10.2 Å². The lowest BCUT2D eigenvalue weighted by atomic mass is 10.2. The highest BCUT2D eigenvalue weighted by atomic mass is 35.5. The third kappa shape index (κ3) is 3.33. The summed E-state index contributed by atoms with van der Waals surface area (Å²) >= 11 is 13.7. The number of benzene rings is 2. The average Bonchev–Trinajstić information content (AvgIpc) is 3.28. The quantitative estimate of drug-likeness (QED) is 0.417. The van der Waals surface area contributed by atoms with Crippen LogP contribution >= 0.6 is 34.5 Å². The van der Waals surface area contributed by atoms with Crippen molar-refractivity contribution >= 4 is 55.8 Å². The summed E-state index contributed by atoms with van der Waals surface area (Å²) in [6, 6.07) is 16.0. The van der Waals surface area contributed by atoms with Gasteiger partial charge >= 0.3 is 0 Å². The van der Waals surface area contributed by atoms with Gasteiger partial charge in [-0.3, -0.25) is 9.69 Å². The van der Waals surface area contributed by atoms with Crippen LogP contribution in [0.4, 0.5) is 5.13 Å². The van der Waals surface area contributed by atoms with Gasteiger partial charge in [0.05, 0.1) is 33.6 Å². The Labute approximate surface area is 163 Å². The monoisotopic (exact) mass is 402 g/mol. The molecule has 2 heterocycles. The molecule has 0 fully saturated rings. The molecule has 0 saturated heterocycles. The first-order chi connectivity index (χ1) is 12.6. The molecule has 0 N–H and O–H groups in total. The number of nitrogens with zero attached hydrogens (tertiary/aromatic N) is 2. The van der Waals surface area contributed by atoms with Crippen LogP contribution in [-0.2, 0) is 6.54 Å². The highest BCUT2D eigenvalue weighted by Crippen LogP contribution is 2.33. The Balaban J connectivity index is 1.79. The third-order valence-electron chi connectivity index (χ3n) is 3.81. The van der Waals surface area contributed by atoms with E-state index in [0.29, 0.717) is 26.5 Å². The number of halogens is 2. The van der Waals surface area contributed by atoms with Gasteiger partial charge in [0.15, 0.2) is 5.13 Å². The molecule has 0 aliphatic rings. The fourth-order valence-corrected chi connectivity index (χ4v) is 4.02. The predicted octanol–water partition coefficient (Wildman–Crippen LogP) is 6.04. The minimum absolute atomic E-state index is 0.239. The molecule has 130 valence electrons. The van der Waals surface area contributed by atoms with Gasteiger partial charge in [0.25, 0.3) is 5.91 Å². The van der Waals surface area contributed by atoms with Crippen LogP contribution in [-0.4, -0.2) is 10.9 Å². The molecule has 4 aromatic rings. The van der Waals surface area contributed by atoms with E-state index in [9.17, 15) is 4.79 Å². The number of carbonyl (C=O) groups excluding carboxylic acids is 1. The van der Waals surface area contributed by atoms with E-state index in [1.807, 2.05) is 18.2 Å². The second kappa shape index (κ2) is 7.11. The average molecular weight is 403 g/mol. The molecule has 1 amide bonds. The van der Waals surface area contributed by atoms with Crippen LogP contribution in [0, 0.1) is 0 Å². The van der Waals surface area contributed by atoms with E-state index in [-0.39, 0.29) is 12.5 Å². The topological polar surface area (TPSA) is 46.3 Å². The number of hydrogen-bond donors (Lipinski definition) is 0. The molecular formula is C19H12Cl2N2O2S. The van der Waals surface area contributed by atoms with Gasteiger partial charge in [-0.2, -0.15) is 0 Å². The Morgan fingerprint density at radius 3 is 2.73 bits per heavy atom. The van der Waals surface area contributed by atoms with Crippen molar-refractivity contribution in [3.63, 3.8) is 0 Å². The van der Waals surface area contributed by atoms with Gasteiger partial charge in [-0.15, -0.1) is 0 Å². The maximum atomic E-state index is 13.2. The molecule has 0 aliphatic heterocycles. The number of rotatable bonds is 4. The SMILES string of the molecule is O=C(c1ccccc1Cl)N(Cc1ccco1)c1nc2ccc(Cl)cc2s1. The van der Waals surface area contributed by atoms with Crippen LogP contribution in [0.5, 0.6) is 0 Å². The summed E-state index contributed by atoms with van der Waals surface area (Å²) < 4.78 is 6.33. The van der Waals surface area contributed by atoms with E-state index in [1.165, 1.54) is 11.3 Å². The van der Waals surface area contributed by atoms with Crippen molar-refractivity contribution in [3.8, 4) is 0 Å². The summed E-state index contributed by atoms with van der Waals surface area (Å²) in [5, 5.41) is 1.58. The molecular weight excluding hydrogens is 391 g/mol. The number of fused-ring (bicyclic) bond motifs is 1. The van der Waals surface area contributed by atoms with Crippen LogP contribution < -0.4 is 4.90 Å². The molecule has 4 nitrogen and oxygen atoms in total. The minimum Gasteiger partial charge on any atom is -0.467 e. The molecule has 0 aliphatic carbocycles. The zero-order valence-corrected chi connectivity index (χ0v) is 15.7. The number of anilines is 1. The molecule has 0 spiro atoms. The van der Waals surface area contributed by atoms with Crippen molar-refractivity contribution in [1.82, 2.24) is 4.98 Å². The van der Waals surface area contributed by atoms with Crippen molar-refractivity contribution in [2.75, 3.05) is 4.90 Å². The normalized spacial score (nSPS) is 11.0. The summed E-state index contributed by atoms with van der Waals surface area (Å²) in [6.07, 6.45) is 1.58. The maximum Gasteiger partial charge on any atom is 0.262 e. The second-order valence-corrected chi connectivity index (χ2v) is 7.41. The van der Waals surface area contributed by atoms with Gasteiger partial charge in [-0.05, 0) is 42.5 Å². The Morgan fingerprint density at radius 1 is 1.12 bits per heavy atom. The lowest BCUT2D eigenvalue weighted by Gasteiger charge is -2.19. The van der Waals surface area contributed by atoms with Crippen molar-refractivity contribution in [1.29, 1.82) is 0 Å². The second-order valence-electron chi connectivity index (χ2n) is 5.56. The highest BCUT2D eigenvalue weighted by Gasteiger charge is 2.24. The van der Waals surface area contributed by atoms with E-state index in [1.54, 1.807) is 47.6 Å². The Hall–Kier alpha value is -2.34. The molecule has 4 rings (SSSR count). The molecule has 2 aromatic heterocycles. The van der Waals surface area contributed by atoms with Crippen LogP contribution in [0.3, 0.4) is 0 Å². The molecule has 0 unspecified atom stereocenters. The van der Waals surface area contributed by atoms with Gasteiger partial charge in [-0.1, -0.05) is 46.7 Å². The molecule has 0 saturated carbocycles. The van der Waals surface area contributed by atoms with E-state index in [2.05, 4.69) is 4.98 Å². The number of thiazole rings is 1. The molecule has 2 aromatic carbocycles. The summed E-state index contributed by atoms with van der Waals surface area (Å²) in [5.74, 6) is 0.417. The molecule has 0 atom stereocenters. The zero-order chi connectivity index (χ0) is 18.1. The maximum absolute atomic E-state index is 13.2. The fraction of sp³-hybridized carbons (Fsp3) is 0.0526. The minimum atomic E-state index is -0.239. The Bertz CT molecular complexity index is 1080. The fourth-order valence-electron chi connectivity index (χ4n) is 2.57. The van der Waals surface area contributed by atoms with Crippen molar-refractivity contribution in [3.05, 3.63) is 82.2 Å². The van der Waals surface area contributed by atoms with E-state index in [0.717, 1.165) is 10.2 Å². The van der Waals surface area contributed by atoms with Gasteiger partial charge < -0.3 is 4.42 Å². The zero-order valence-electron chi connectivity index (χ0n) is 13.4. The standard InChI is InChI=1S/C19H12Cl2N2O2S/c20-12-7-8-16-17(10-12)26-19(22-16)23(11-13-4-3-9-25-13)18(24)14-5-1-2-6-15(14)21/h1-10H,11H2. The third-order valence-corrected chi connectivity index (χ3v) is 5.42.